The maximum absolute atomic E-state index is 12.1. The number of para-hydroxylation sites is 2. The largest absolute Gasteiger partial charge is 0.456 e. The molecule has 26 heavy (non-hydrogen) atoms. The molecule has 0 spiro atoms. The van der Waals surface area contributed by atoms with Gasteiger partial charge in [0.15, 0.2) is 12.2 Å². The Balaban J connectivity index is 1.43. The van der Waals surface area contributed by atoms with Crippen molar-refractivity contribution in [3.05, 3.63) is 34.8 Å². The minimum absolute atomic E-state index is 0.137. The van der Waals surface area contributed by atoms with Crippen LogP contribution in [0.5, 0.6) is 0 Å². The number of likely N-dealkylation sites (tertiary alicyclic amines) is 1. The van der Waals surface area contributed by atoms with E-state index in [9.17, 15) is 14.4 Å². The van der Waals surface area contributed by atoms with E-state index in [1.54, 1.807) is 23.1 Å². The number of benzene rings is 1. The average molecular weight is 360 g/mol. The van der Waals surface area contributed by atoms with Crippen molar-refractivity contribution in [3.8, 4) is 0 Å². The molecule has 1 fully saturated rings. The van der Waals surface area contributed by atoms with E-state index in [1.165, 1.54) is 4.57 Å². The van der Waals surface area contributed by atoms with Crippen LogP contribution in [0.2, 0.25) is 0 Å². The van der Waals surface area contributed by atoms with Crippen LogP contribution in [0.25, 0.3) is 11.1 Å². The van der Waals surface area contributed by atoms with Crippen molar-refractivity contribution >= 4 is 23.0 Å². The molecule has 0 aliphatic carbocycles. The molecule has 1 amide bonds. The summed E-state index contributed by atoms with van der Waals surface area (Å²) < 4.78 is 11.7. The zero-order valence-electron chi connectivity index (χ0n) is 15.0. The third-order valence-corrected chi connectivity index (χ3v) is 4.70. The first-order chi connectivity index (χ1) is 12.5. The highest BCUT2D eigenvalue weighted by molar-refractivity contribution is 5.80. The molecule has 3 rings (SSSR count). The molecule has 7 heteroatoms. The Morgan fingerprint density at radius 1 is 1.31 bits per heavy atom. The summed E-state index contributed by atoms with van der Waals surface area (Å²) in [6, 6.07) is 7.16. The number of hydrogen-bond donors (Lipinski definition) is 0. The van der Waals surface area contributed by atoms with Crippen LogP contribution < -0.4 is 5.76 Å². The highest BCUT2D eigenvalue weighted by Crippen LogP contribution is 2.15. The maximum Gasteiger partial charge on any atom is 0.419 e. The topological polar surface area (TPSA) is 81.8 Å². The number of fused-ring (bicyclic) bond motifs is 1. The fraction of sp³-hybridized carbons (Fsp3) is 0.526. The Hall–Kier alpha value is -2.57. The number of nitrogens with zero attached hydrogens (tertiary/aromatic N) is 2. The number of aromatic nitrogens is 1. The van der Waals surface area contributed by atoms with Crippen LogP contribution in [0.3, 0.4) is 0 Å². The molecule has 2 heterocycles. The molecule has 0 bridgehead atoms. The van der Waals surface area contributed by atoms with Gasteiger partial charge in [-0.3, -0.25) is 14.2 Å². The Bertz CT molecular complexity index is 838. The van der Waals surface area contributed by atoms with Crippen molar-refractivity contribution < 1.29 is 18.7 Å². The fourth-order valence-corrected chi connectivity index (χ4v) is 3.33. The monoisotopic (exact) mass is 360 g/mol. The van der Waals surface area contributed by atoms with Crippen LogP contribution >= 0.6 is 0 Å². The summed E-state index contributed by atoms with van der Waals surface area (Å²) in [5.41, 5.74) is 1.24. The summed E-state index contributed by atoms with van der Waals surface area (Å²) in [6.45, 7) is 3.74. The lowest BCUT2D eigenvalue weighted by atomic mass is 10.0. The first-order valence-electron chi connectivity index (χ1n) is 9.06. The van der Waals surface area contributed by atoms with Crippen LogP contribution in [0.4, 0.5) is 0 Å². The van der Waals surface area contributed by atoms with E-state index in [0.29, 0.717) is 30.0 Å². The molecule has 1 atom stereocenters. The molecule has 1 aromatic carbocycles. The number of carbonyl (C=O) groups excluding carboxylic acids is 2. The number of aryl methyl sites for hydroxylation is 1. The van der Waals surface area contributed by atoms with Gasteiger partial charge in [-0.25, -0.2) is 4.79 Å². The Kier molecular flexibility index (Phi) is 5.75. The van der Waals surface area contributed by atoms with Crippen LogP contribution in [-0.2, 0) is 20.9 Å². The number of ether oxygens (including phenoxy) is 1. The number of esters is 1. The zero-order chi connectivity index (χ0) is 18.5. The summed E-state index contributed by atoms with van der Waals surface area (Å²) >= 11 is 0. The number of oxazole rings is 1. The Labute approximate surface area is 151 Å². The van der Waals surface area contributed by atoms with E-state index in [4.69, 9.17) is 9.15 Å². The standard InChI is InChI=1S/C19H24N2O5/c1-14-6-4-10-20(12-14)17(22)13-25-18(23)9-5-11-21-15-7-2-3-8-16(15)26-19(21)24/h2-3,7-8,14H,4-6,9-13H2,1H3. The Morgan fingerprint density at radius 3 is 2.92 bits per heavy atom. The van der Waals surface area contributed by atoms with Crippen LogP contribution in [-0.4, -0.2) is 41.0 Å². The van der Waals surface area contributed by atoms with E-state index in [1.807, 2.05) is 6.07 Å². The van der Waals surface area contributed by atoms with Crippen molar-refractivity contribution in [2.45, 2.75) is 39.2 Å². The van der Waals surface area contributed by atoms with E-state index >= 15 is 0 Å². The SMILES string of the molecule is CC1CCCN(C(=O)COC(=O)CCCn2c(=O)oc3ccccc32)C1. The summed E-state index contributed by atoms with van der Waals surface area (Å²) in [5, 5.41) is 0. The van der Waals surface area contributed by atoms with Crippen molar-refractivity contribution in [2.75, 3.05) is 19.7 Å². The molecule has 0 radical (unpaired) electrons. The summed E-state index contributed by atoms with van der Waals surface area (Å²) in [5.74, 6) is -0.508. The lowest BCUT2D eigenvalue weighted by Gasteiger charge is -2.30. The summed E-state index contributed by atoms with van der Waals surface area (Å²) in [4.78, 5) is 37.6. The average Bonchev–Trinajstić information content (AvgIpc) is 2.95. The summed E-state index contributed by atoms with van der Waals surface area (Å²) in [6.07, 6.45) is 2.72. The number of piperidine rings is 1. The number of hydrogen-bond acceptors (Lipinski definition) is 5. The van der Waals surface area contributed by atoms with Gasteiger partial charge in [-0.05, 0) is 37.3 Å². The number of carbonyl (C=O) groups is 2. The van der Waals surface area contributed by atoms with Gasteiger partial charge < -0.3 is 14.1 Å². The lowest BCUT2D eigenvalue weighted by molar-refractivity contribution is -0.152. The molecule has 140 valence electrons. The van der Waals surface area contributed by atoms with Crippen molar-refractivity contribution in [1.82, 2.24) is 9.47 Å². The van der Waals surface area contributed by atoms with Gasteiger partial charge in [-0.1, -0.05) is 19.1 Å². The zero-order valence-corrected chi connectivity index (χ0v) is 15.0. The van der Waals surface area contributed by atoms with E-state index < -0.39 is 11.7 Å². The van der Waals surface area contributed by atoms with Crippen LogP contribution in [0.15, 0.2) is 33.5 Å². The minimum Gasteiger partial charge on any atom is -0.456 e. The van der Waals surface area contributed by atoms with Gasteiger partial charge in [-0.2, -0.15) is 0 Å². The van der Waals surface area contributed by atoms with Crippen LogP contribution in [0.1, 0.15) is 32.6 Å². The molecule has 1 aromatic heterocycles. The van der Waals surface area contributed by atoms with Gasteiger partial charge in [-0.15, -0.1) is 0 Å². The predicted octanol–water partition coefficient (Wildman–Crippen LogP) is 2.18. The first kappa shape index (κ1) is 18.2. The van der Waals surface area contributed by atoms with E-state index in [2.05, 4.69) is 6.92 Å². The lowest BCUT2D eigenvalue weighted by Crippen LogP contribution is -2.41. The second-order valence-electron chi connectivity index (χ2n) is 6.84. The van der Waals surface area contributed by atoms with Crippen molar-refractivity contribution in [3.63, 3.8) is 0 Å². The van der Waals surface area contributed by atoms with Gasteiger partial charge in [0.25, 0.3) is 5.91 Å². The van der Waals surface area contributed by atoms with Crippen molar-refractivity contribution in [1.29, 1.82) is 0 Å². The highest BCUT2D eigenvalue weighted by Gasteiger charge is 2.21. The molecule has 0 N–H and O–H groups in total. The fourth-order valence-electron chi connectivity index (χ4n) is 3.33. The molecule has 1 aliphatic heterocycles. The van der Waals surface area contributed by atoms with Gasteiger partial charge in [0.2, 0.25) is 0 Å². The minimum atomic E-state index is -0.436. The number of rotatable bonds is 6. The molecule has 1 aliphatic rings. The van der Waals surface area contributed by atoms with Crippen LogP contribution in [0, 0.1) is 5.92 Å². The van der Waals surface area contributed by atoms with Gasteiger partial charge >= 0.3 is 11.7 Å². The maximum atomic E-state index is 12.1. The second-order valence-corrected chi connectivity index (χ2v) is 6.84. The van der Waals surface area contributed by atoms with Gasteiger partial charge in [0.05, 0.1) is 5.52 Å². The molecule has 1 saturated heterocycles. The smallest absolute Gasteiger partial charge is 0.419 e. The normalized spacial score (nSPS) is 17.4. The second kappa shape index (κ2) is 8.21. The highest BCUT2D eigenvalue weighted by atomic mass is 16.5. The number of amides is 1. The third kappa shape index (κ3) is 4.33. The van der Waals surface area contributed by atoms with E-state index in [-0.39, 0.29) is 18.9 Å². The third-order valence-electron chi connectivity index (χ3n) is 4.70. The molecule has 1 unspecified atom stereocenters. The molecule has 7 nitrogen and oxygen atoms in total. The molecule has 0 saturated carbocycles. The molecular weight excluding hydrogens is 336 g/mol. The first-order valence-corrected chi connectivity index (χ1v) is 9.06. The van der Waals surface area contributed by atoms with Gasteiger partial charge in [0.1, 0.15) is 0 Å². The molecule has 2 aromatic rings. The molecular formula is C19H24N2O5. The van der Waals surface area contributed by atoms with Crippen molar-refractivity contribution in [2.24, 2.45) is 5.92 Å². The van der Waals surface area contributed by atoms with Gasteiger partial charge in [0, 0.05) is 26.1 Å². The summed E-state index contributed by atoms with van der Waals surface area (Å²) in [7, 11) is 0. The quantitative estimate of drug-likeness (QED) is 0.738. The predicted molar refractivity (Wildman–Crippen MR) is 95.6 cm³/mol. The Morgan fingerprint density at radius 2 is 2.12 bits per heavy atom. The van der Waals surface area contributed by atoms with E-state index in [0.717, 1.165) is 25.9 Å².